The third-order valence-electron chi connectivity index (χ3n) is 3.76. The summed E-state index contributed by atoms with van der Waals surface area (Å²) in [5, 5.41) is 5.38. The van der Waals surface area contributed by atoms with E-state index in [0.717, 1.165) is 11.1 Å². The third kappa shape index (κ3) is 3.39. The Bertz CT molecular complexity index is 1040. The Hall–Kier alpha value is -3.67. The molecule has 26 heavy (non-hydrogen) atoms. The van der Waals surface area contributed by atoms with Gasteiger partial charge in [-0.05, 0) is 54.6 Å². The number of hydrogen-bond acceptors (Lipinski definition) is 3. The van der Waals surface area contributed by atoms with Gasteiger partial charge in [0.05, 0.1) is 0 Å². The number of hydrogen-bond donors (Lipinski definition) is 2. The highest BCUT2D eigenvalue weighted by Crippen LogP contribution is 2.26. The Morgan fingerprint density at radius 3 is 2.46 bits per heavy atom. The average Bonchev–Trinajstić information content (AvgIpc) is 3.08. The van der Waals surface area contributed by atoms with E-state index in [1.54, 1.807) is 18.2 Å². The molecule has 5 nitrogen and oxygen atoms in total. The first-order valence-electron chi connectivity index (χ1n) is 7.97. The molecule has 0 saturated carbocycles. The molecule has 0 unspecified atom stereocenters. The highest BCUT2D eigenvalue weighted by Gasteiger charge is 2.09. The van der Waals surface area contributed by atoms with Crippen molar-refractivity contribution in [2.75, 3.05) is 10.6 Å². The summed E-state index contributed by atoms with van der Waals surface area (Å²) in [6.45, 7) is 0. The molecule has 0 aliphatic carbocycles. The highest BCUT2D eigenvalue weighted by molar-refractivity contribution is 6.00. The van der Waals surface area contributed by atoms with Crippen molar-refractivity contribution in [2.45, 2.75) is 0 Å². The molecular formula is C20H14FN3O2. The molecule has 0 aliphatic rings. The lowest BCUT2D eigenvalue weighted by molar-refractivity contribution is 0.262. The van der Waals surface area contributed by atoms with Crippen LogP contribution in [-0.4, -0.2) is 11.0 Å². The Kier molecular flexibility index (Phi) is 4.07. The minimum Gasteiger partial charge on any atom is -0.436 e. The van der Waals surface area contributed by atoms with Crippen LogP contribution in [0.5, 0.6) is 0 Å². The van der Waals surface area contributed by atoms with Gasteiger partial charge in [-0.15, -0.1) is 0 Å². The summed E-state index contributed by atoms with van der Waals surface area (Å²) in [5.74, 6) is 0.121. The molecule has 0 spiro atoms. The van der Waals surface area contributed by atoms with E-state index in [9.17, 15) is 9.18 Å². The van der Waals surface area contributed by atoms with Crippen molar-refractivity contribution in [3.8, 4) is 11.5 Å². The molecule has 4 rings (SSSR count). The van der Waals surface area contributed by atoms with Gasteiger partial charge in [0.25, 0.3) is 0 Å². The largest absolute Gasteiger partial charge is 0.436 e. The lowest BCUT2D eigenvalue weighted by Gasteiger charge is -2.08. The Balaban J connectivity index is 1.51. The summed E-state index contributed by atoms with van der Waals surface area (Å²) in [6.07, 6.45) is 0. The van der Waals surface area contributed by atoms with Crippen molar-refractivity contribution in [2.24, 2.45) is 0 Å². The van der Waals surface area contributed by atoms with Crippen LogP contribution in [0.4, 0.5) is 20.6 Å². The monoisotopic (exact) mass is 347 g/mol. The number of carbonyl (C=O) groups excluding carboxylic acids is 1. The van der Waals surface area contributed by atoms with Crippen molar-refractivity contribution < 1.29 is 13.6 Å². The summed E-state index contributed by atoms with van der Waals surface area (Å²) >= 11 is 0. The van der Waals surface area contributed by atoms with Crippen LogP contribution in [0.2, 0.25) is 0 Å². The quantitative estimate of drug-likeness (QED) is 0.530. The van der Waals surface area contributed by atoms with E-state index in [0.29, 0.717) is 22.8 Å². The number of anilines is 2. The molecule has 3 aromatic carbocycles. The van der Waals surface area contributed by atoms with Crippen molar-refractivity contribution in [1.82, 2.24) is 4.98 Å². The maximum atomic E-state index is 12.9. The van der Waals surface area contributed by atoms with E-state index in [-0.39, 0.29) is 5.82 Å². The molecule has 0 atom stereocenters. The number of carbonyl (C=O) groups is 1. The summed E-state index contributed by atoms with van der Waals surface area (Å²) in [5.41, 5.74) is 3.31. The molecule has 1 aromatic heterocycles. The van der Waals surface area contributed by atoms with Crippen LogP contribution in [0.1, 0.15) is 0 Å². The number of urea groups is 1. The van der Waals surface area contributed by atoms with Crippen LogP contribution < -0.4 is 10.6 Å². The molecule has 4 aromatic rings. The summed E-state index contributed by atoms with van der Waals surface area (Å²) in [4.78, 5) is 16.5. The molecule has 2 amide bonds. The number of halogens is 1. The molecule has 0 bridgehead atoms. The van der Waals surface area contributed by atoms with Gasteiger partial charge in [0.2, 0.25) is 5.89 Å². The summed E-state index contributed by atoms with van der Waals surface area (Å²) in [6, 6.07) is 19.8. The maximum absolute atomic E-state index is 12.9. The van der Waals surface area contributed by atoms with Crippen LogP contribution in [0.15, 0.2) is 77.2 Å². The van der Waals surface area contributed by atoms with Gasteiger partial charge in [-0.1, -0.05) is 18.2 Å². The van der Waals surface area contributed by atoms with Crippen molar-refractivity contribution in [1.29, 1.82) is 0 Å². The minimum absolute atomic E-state index is 0.359. The van der Waals surface area contributed by atoms with E-state index in [4.69, 9.17) is 4.42 Å². The first-order valence-corrected chi connectivity index (χ1v) is 7.97. The molecule has 1 heterocycles. The lowest BCUT2D eigenvalue weighted by atomic mass is 10.2. The second kappa shape index (κ2) is 6.68. The van der Waals surface area contributed by atoms with E-state index < -0.39 is 6.03 Å². The minimum atomic E-state index is -0.425. The number of aromatic nitrogens is 1. The highest BCUT2D eigenvalue weighted by atomic mass is 19.1. The zero-order valence-corrected chi connectivity index (χ0v) is 13.6. The topological polar surface area (TPSA) is 67.2 Å². The average molecular weight is 347 g/mol. The number of oxazole rings is 1. The molecule has 0 saturated heterocycles. The molecule has 0 radical (unpaired) electrons. The Morgan fingerprint density at radius 2 is 1.65 bits per heavy atom. The van der Waals surface area contributed by atoms with Gasteiger partial charge in [0, 0.05) is 16.9 Å². The van der Waals surface area contributed by atoms with E-state index in [1.165, 1.54) is 24.3 Å². The van der Waals surface area contributed by atoms with Crippen LogP contribution in [0.3, 0.4) is 0 Å². The number of rotatable bonds is 3. The fraction of sp³-hybridized carbons (Fsp3) is 0. The number of nitrogens with one attached hydrogen (secondary N) is 2. The van der Waals surface area contributed by atoms with Gasteiger partial charge in [0.15, 0.2) is 5.58 Å². The first-order chi connectivity index (χ1) is 12.7. The van der Waals surface area contributed by atoms with Gasteiger partial charge < -0.3 is 15.1 Å². The smallest absolute Gasteiger partial charge is 0.323 e. The third-order valence-corrected chi connectivity index (χ3v) is 3.76. The molecule has 6 heteroatoms. The summed E-state index contributed by atoms with van der Waals surface area (Å²) < 4.78 is 18.7. The number of nitrogens with zero attached hydrogens (tertiary/aromatic N) is 1. The van der Waals surface area contributed by atoms with Gasteiger partial charge >= 0.3 is 6.03 Å². The lowest BCUT2D eigenvalue weighted by Crippen LogP contribution is -2.19. The van der Waals surface area contributed by atoms with Crippen molar-refractivity contribution in [3.63, 3.8) is 0 Å². The zero-order valence-electron chi connectivity index (χ0n) is 13.6. The predicted molar refractivity (Wildman–Crippen MR) is 98.5 cm³/mol. The first kappa shape index (κ1) is 15.8. The molecular weight excluding hydrogens is 333 g/mol. The second-order valence-corrected chi connectivity index (χ2v) is 5.65. The van der Waals surface area contributed by atoms with E-state index >= 15 is 0 Å². The van der Waals surface area contributed by atoms with E-state index in [2.05, 4.69) is 15.6 Å². The molecule has 128 valence electrons. The fourth-order valence-corrected chi connectivity index (χ4v) is 2.55. The van der Waals surface area contributed by atoms with E-state index in [1.807, 2.05) is 30.3 Å². The van der Waals surface area contributed by atoms with Gasteiger partial charge in [0.1, 0.15) is 11.3 Å². The number of amides is 2. The SMILES string of the molecule is O=C(Nc1ccc(F)cc1)Nc1cccc(-c2nc3ccccc3o2)c1. The van der Waals surface area contributed by atoms with Gasteiger partial charge in [-0.2, -0.15) is 0 Å². The molecule has 0 aliphatic heterocycles. The second-order valence-electron chi connectivity index (χ2n) is 5.65. The standard InChI is InChI=1S/C20H14FN3O2/c21-14-8-10-15(11-9-14)22-20(25)23-16-5-3-4-13(12-16)19-24-17-6-1-2-7-18(17)26-19/h1-12H,(H2,22,23,25). The van der Waals surface area contributed by atoms with Crippen molar-refractivity contribution in [3.05, 3.63) is 78.6 Å². The number of benzene rings is 3. The molecule has 2 N–H and O–H groups in total. The van der Waals surface area contributed by atoms with Crippen molar-refractivity contribution >= 4 is 28.5 Å². The van der Waals surface area contributed by atoms with Gasteiger partial charge in [-0.3, -0.25) is 0 Å². The van der Waals surface area contributed by atoms with Crippen LogP contribution in [0.25, 0.3) is 22.6 Å². The number of para-hydroxylation sites is 2. The number of fused-ring (bicyclic) bond motifs is 1. The van der Waals surface area contributed by atoms with Crippen LogP contribution >= 0.6 is 0 Å². The van der Waals surface area contributed by atoms with Gasteiger partial charge in [-0.25, -0.2) is 14.2 Å². The Morgan fingerprint density at radius 1 is 0.885 bits per heavy atom. The van der Waals surface area contributed by atoms with Crippen LogP contribution in [0, 0.1) is 5.82 Å². The summed E-state index contributed by atoms with van der Waals surface area (Å²) in [7, 11) is 0. The van der Waals surface area contributed by atoms with Crippen LogP contribution in [-0.2, 0) is 0 Å². The fourth-order valence-electron chi connectivity index (χ4n) is 2.55. The maximum Gasteiger partial charge on any atom is 0.323 e. The normalized spacial score (nSPS) is 10.7. The predicted octanol–water partition coefficient (Wildman–Crippen LogP) is 5.28. The molecule has 0 fully saturated rings. The Labute approximate surface area is 148 Å². The zero-order chi connectivity index (χ0) is 17.9.